The van der Waals surface area contributed by atoms with Gasteiger partial charge in [-0.25, -0.2) is 8.42 Å². The van der Waals surface area contributed by atoms with Gasteiger partial charge in [-0.2, -0.15) is 0 Å². The molecule has 1 N–H and O–H groups in total. The van der Waals surface area contributed by atoms with Gasteiger partial charge in [-0.1, -0.05) is 84.7 Å². The van der Waals surface area contributed by atoms with Crippen LogP contribution in [0.3, 0.4) is 0 Å². The van der Waals surface area contributed by atoms with E-state index in [2.05, 4.69) is 5.32 Å². The van der Waals surface area contributed by atoms with Crippen LogP contribution in [0.2, 0.25) is 10.0 Å². The standard InChI is InChI=1S/C29H33Cl2N3O4S/c1-4-21(2)32-29(36)27(18-22-11-6-5-7-12-22)33(19-23-13-10-14-24(30)17-23)28(35)20-34(39(3,37)38)26-16-9-8-15-25(26)31/h5-17,21,27H,4,18-20H2,1-3H3,(H,32,36)/t21-,27+/m1/s1. The Morgan fingerprint density at radius 3 is 2.18 bits per heavy atom. The highest BCUT2D eigenvalue weighted by Gasteiger charge is 2.33. The molecule has 0 saturated heterocycles. The molecule has 0 aromatic heterocycles. The zero-order chi connectivity index (χ0) is 28.6. The Morgan fingerprint density at radius 1 is 0.923 bits per heavy atom. The van der Waals surface area contributed by atoms with Gasteiger partial charge in [0.2, 0.25) is 21.8 Å². The highest BCUT2D eigenvalue weighted by atomic mass is 35.5. The first kappa shape index (κ1) is 30.5. The summed E-state index contributed by atoms with van der Waals surface area (Å²) in [6.45, 7) is 3.36. The van der Waals surface area contributed by atoms with E-state index in [4.69, 9.17) is 23.2 Å². The van der Waals surface area contributed by atoms with E-state index in [1.54, 1.807) is 42.5 Å². The van der Waals surface area contributed by atoms with Crippen LogP contribution in [0, 0.1) is 0 Å². The number of amides is 2. The number of sulfonamides is 1. The van der Waals surface area contributed by atoms with Gasteiger partial charge in [-0.3, -0.25) is 13.9 Å². The maximum atomic E-state index is 14.0. The van der Waals surface area contributed by atoms with Crippen LogP contribution in [0.4, 0.5) is 5.69 Å². The summed E-state index contributed by atoms with van der Waals surface area (Å²) in [5.41, 5.74) is 1.74. The maximum Gasteiger partial charge on any atom is 0.244 e. The van der Waals surface area contributed by atoms with Crippen molar-refractivity contribution in [3.63, 3.8) is 0 Å². The van der Waals surface area contributed by atoms with E-state index in [0.717, 1.165) is 16.1 Å². The number of carbonyl (C=O) groups excluding carboxylic acids is 2. The molecule has 0 radical (unpaired) electrons. The largest absolute Gasteiger partial charge is 0.352 e. The summed E-state index contributed by atoms with van der Waals surface area (Å²) in [7, 11) is -3.90. The Bertz CT molecular complexity index is 1390. The van der Waals surface area contributed by atoms with Crippen LogP contribution in [-0.4, -0.2) is 50.0 Å². The molecule has 2 atom stereocenters. The third kappa shape index (κ3) is 8.71. The van der Waals surface area contributed by atoms with Crippen molar-refractivity contribution in [2.24, 2.45) is 0 Å². The fraction of sp³-hybridized carbons (Fsp3) is 0.310. The molecular formula is C29H33Cl2N3O4S. The summed E-state index contributed by atoms with van der Waals surface area (Å²) in [5.74, 6) is -0.882. The maximum absolute atomic E-state index is 14.0. The van der Waals surface area contributed by atoms with Crippen molar-refractivity contribution in [2.75, 3.05) is 17.1 Å². The summed E-state index contributed by atoms with van der Waals surface area (Å²) in [4.78, 5) is 29.1. The van der Waals surface area contributed by atoms with Gasteiger partial charge in [-0.15, -0.1) is 0 Å². The Morgan fingerprint density at radius 2 is 1.56 bits per heavy atom. The van der Waals surface area contributed by atoms with Gasteiger partial charge >= 0.3 is 0 Å². The topological polar surface area (TPSA) is 86.8 Å². The second-order valence-electron chi connectivity index (χ2n) is 9.40. The van der Waals surface area contributed by atoms with Gasteiger partial charge in [0.25, 0.3) is 0 Å². The third-order valence-corrected chi connectivity index (χ3v) is 8.00. The normalized spacial score (nSPS) is 12.8. The zero-order valence-corrected chi connectivity index (χ0v) is 24.5. The molecule has 0 aliphatic heterocycles. The SMILES string of the molecule is CC[C@@H](C)NC(=O)[C@H](Cc1ccccc1)N(Cc1cccc(Cl)c1)C(=O)CN(c1ccccc1Cl)S(C)(=O)=O. The minimum absolute atomic E-state index is 0.0466. The number of nitrogens with one attached hydrogen (secondary N) is 1. The van der Waals surface area contributed by atoms with E-state index >= 15 is 0 Å². The van der Waals surface area contributed by atoms with Crippen molar-refractivity contribution in [1.82, 2.24) is 10.2 Å². The lowest BCUT2D eigenvalue weighted by molar-refractivity contribution is -0.140. The van der Waals surface area contributed by atoms with Crippen molar-refractivity contribution < 1.29 is 18.0 Å². The molecule has 0 aliphatic rings. The molecule has 0 bridgehead atoms. The molecule has 3 aromatic carbocycles. The average Bonchev–Trinajstić information content (AvgIpc) is 2.89. The van der Waals surface area contributed by atoms with Crippen LogP contribution < -0.4 is 9.62 Å². The molecule has 10 heteroatoms. The van der Waals surface area contributed by atoms with Crippen molar-refractivity contribution in [1.29, 1.82) is 0 Å². The van der Waals surface area contributed by atoms with E-state index in [1.165, 1.54) is 11.0 Å². The summed E-state index contributed by atoms with van der Waals surface area (Å²) in [5, 5.41) is 3.67. The smallest absolute Gasteiger partial charge is 0.244 e. The Balaban J connectivity index is 2.07. The quantitative estimate of drug-likeness (QED) is 0.310. The number of halogens is 2. The van der Waals surface area contributed by atoms with E-state index in [0.29, 0.717) is 17.0 Å². The summed E-state index contributed by atoms with van der Waals surface area (Å²) in [6, 6.07) is 21.8. The van der Waals surface area contributed by atoms with Crippen LogP contribution in [0.5, 0.6) is 0 Å². The van der Waals surface area contributed by atoms with E-state index in [1.807, 2.05) is 44.2 Å². The molecule has 3 rings (SSSR count). The monoisotopic (exact) mass is 589 g/mol. The molecule has 0 fully saturated rings. The van der Waals surface area contributed by atoms with E-state index in [-0.39, 0.29) is 35.6 Å². The first-order chi connectivity index (χ1) is 18.5. The molecule has 3 aromatic rings. The molecule has 0 unspecified atom stereocenters. The van der Waals surface area contributed by atoms with Gasteiger partial charge in [0.15, 0.2) is 0 Å². The number of nitrogens with zero attached hydrogens (tertiary/aromatic N) is 2. The number of hydrogen-bond donors (Lipinski definition) is 1. The molecule has 208 valence electrons. The second-order valence-corrected chi connectivity index (χ2v) is 12.1. The molecule has 2 amide bonds. The molecular weight excluding hydrogens is 557 g/mol. The van der Waals surface area contributed by atoms with Crippen LogP contribution in [0.25, 0.3) is 0 Å². The van der Waals surface area contributed by atoms with Crippen LogP contribution >= 0.6 is 23.2 Å². The van der Waals surface area contributed by atoms with Crippen LogP contribution in [0.1, 0.15) is 31.4 Å². The van der Waals surface area contributed by atoms with Crippen LogP contribution in [-0.2, 0) is 32.6 Å². The lowest BCUT2D eigenvalue weighted by atomic mass is 10.0. The average molecular weight is 591 g/mol. The summed E-state index contributed by atoms with van der Waals surface area (Å²) < 4.78 is 26.6. The predicted molar refractivity (Wildman–Crippen MR) is 157 cm³/mol. The Kier molecular flexibility index (Phi) is 10.8. The lowest BCUT2D eigenvalue weighted by Gasteiger charge is -2.34. The molecule has 0 aliphatic carbocycles. The Labute approximate surface area is 240 Å². The number of para-hydroxylation sites is 1. The van der Waals surface area contributed by atoms with Gasteiger partial charge < -0.3 is 10.2 Å². The van der Waals surface area contributed by atoms with E-state index in [9.17, 15) is 18.0 Å². The molecule has 7 nitrogen and oxygen atoms in total. The molecule has 39 heavy (non-hydrogen) atoms. The van der Waals surface area contributed by atoms with Crippen LogP contribution in [0.15, 0.2) is 78.9 Å². The van der Waals surface area contributed by atoms with E-state index < -0.39 is 28.5 Å². The first-order valence-corrected chi connectivity index (χ1v) is 15.2. The molecule has 0 saturated carbocycles. The fourth-order valence-electron chi connectivity index (χ4n) is 4.08. The molecule has 0 heterocycles. The van der Waals surface area contributed by atoms with Crippen molar-refractivity contribution in [3.8, 4) is 0 Å². The first-order valence-electron chi connectivity index (χ1n) is 12.6. The lowest BCUT2D eigenvalue weighted by Crippen LogP contribution is -2.54. The van der Waals surface area contributed by atoms with Gasteiger partial charge in [0.05, 0.1) is 17.0 Å². The number of rotatable bonds is 12. The zero-order valence-electron chi connectivity index (χ0n) is 22.2. The minimum Gasteiger partial charge on any atom is -0.352 e. The Hall–Kier alpha value is -3.07. The van der Waals surface area contributed by atoms with Gasteiger partial charge in [0.1, 0.15) is 12.6 Å². The van der Waals surface area contributed by atoms with Crippen molar-refractivity contribution in [2.45, 2.75) is 45.3 Å². The van der Waals surface area contributed by atoms with Crippen molar-refractivity contribution >= 4 is 50.7 Å². The third-order valence-electron chi connectivity index (χ3n) is 6.31. The highest BCUT2D eigenvalue weighted by molar-refractivity contribution is 7.92. The summed E-state index contributed by atoms with van der Waals surface area (Å²) in [6.07, 6.45) is 1.96. The van der Waals surface area contributed by atoms with Gasteiger partial charge in [-0.05, 0) is 48.7 Å². The van der Waals surface area contributed by atoms with Gasteiger partial charge in [0, 0.05) is 24.0 Å². The fourth-order valence-corrected chi connectivity index (χ4v) is 5.44. The number of benzene rings is 3. The molecule has 0 spiro atoms. The second kappa shape index (κ2) is 13.8. The number of carbonyl (C=O) groups is 2. The summed E-state index contributed by atoms with van der Waals surface area (Å²) >= 11 is 12.5. The predicted octanol–water partition coefficient (Wildman–Crippen LogP) is 5.31. The van der Waals surface area contributed by atoms with Crippen molar-refractivity contribution in [3.05, 3.63) is 100 Å². The number of hydrogen-bond acceptors (Lipinski definition) is 4. The highest BCUT2D eigenvalue weighted by Crippen LogP contribution is 2.28. The minimum atomic E-state index is -3.90. The number of anilines is 1.